The molecule has 2 aromatic rings. The third-order valence-corrected chi connectivity index (χ3v) is 3.45. The van der Waals surface area contributed by atoms with Gasteiger partial charge in [0.15, 0.2) is 0 Å². The van der Waals surface area contributed by atoms with E-state index in [2.05, 4.69) is 17.2 Å². The number of carbonyl (C=O) groups excluding carboxylic acids is 1. The van der Waals surface area contributed by atoms with Gasteiger partial charge < -0.3 is 15.4 Å². The molecule has 4 heteroatoms. The molecular formula is C20H24N2O2. The first-order valence-corrected chi connectivity index (χ1v) is 8.00. The number of hydrogen-bond acceptors (Lipinski definition) is 3. The summed E-state index contributed by atoms with van der Waals surface area (Å²) in [6.45, 7) is 8.39. The fourth-order valence-corrected chi connectivity index (χ4v) is 2.20. The third kappa shape index (κ3) is 5.80. The first-order valence-electron chi connectivity index (χ1n) is 8.00. The number of carbonyl (C=O) groups is 1. The lowest BCUT2D eigenvalue weighted by Crippen LogP contribution is -2.32. The van der Waals surface area contributed by atoms with Crippen LogP contribution in [0.15, 0.2) is 66.7 Å². The molecule has 1 unspecified atom stereocenters. The van der Waals surface area contributed by atoms with Crippen LogP contribution in [-0.4, -0.2) is 19.1 Å². The maximum atomic E-state index is 12.1. The summed E-state index contributed by atoms with van der Waals surface area (Å²) in [5, 5.41) is 6.09. The summed E-state index contributed by atoms with van der Waals surface area (Å²) in [6, 6.07) is 17.4. The highest BCUT2D eigenvalue weighted by Gasteiger charge is 2.09. The lowest BCUT2D eigenvalue weighted by atomic mass is 10.1. The Bertz CT molecular complexity index is 683. The van der Waals surface area contributed by atoms with E-state index in [0.29, 0.717) is 6.61 Å². The zero-order chi connectivity index (χ0) is 17.4. The molecule has 2 N–H and O–H groups in total. The number of ether oxygens (including phenoxy) is 1. The number of benzene rings is 2. The molecule has 4 nitrogen and oxygen atoms in total. The summed E-state index contributed by atoms with van der Waals surface area (Å²) in [5.74, 6) is 0.695. The molecule has 0 bridgehead atoms. The van der Waals surface area contributed by atoms with E-state index in [-0.39, 0.29) is 18.5 Å². The van der Waals surface area contributed by atoms with Crippen LogP contribution < -0.4 is 15.4 Å². The van der Waals surface area contributed by atoms with Crippen molar-refractivity contribution in [3.63, 3.8) is 0 Å². The van der Waals surface area contributed by atoms with Crippen molar-refractivity contribution in [1.29, 1.82) is 0 Å². The Kier molecular flexibility index (Phi) is 6.43. The van der Waals surface area contributed by atoms with Crippen LogP contribution in [0.5, 0.6) is 5.75 Å². The van der Waals surface area contributed by atoms with Crippen LogP contribution in [0.4, 0.5) is 5.69 Å². The Labute approximate surface area is 143 Å². The molecule has 0 saturated carbocycles. The molecule has 2 rings (SSSR count). The summed E-state index contributed by atoms with van der Waals surface area (Å²) < 4.78 is 5.60. The van der Waals surface area contributed by atoms with Crippen LogP contribution in [-0.2, 0) is 4.79 Å². The van der Waals surface area contributed by atoms with E-state index in [1.807, 2.05) is 68.4 Å². The standard InChI is InChI=1S/C20H24N2O2/c1-15(2)14-24-19-11-7-10-18(12-19)21-13-20(23)22-16(3)17-8-5-4-6-9-17/h4-12,16,21H,1,13-14H2,2-3H3,(H,22,23). The Morgan fingerprint density at radius 3 is 2.62 bits per heavy atom. The normalized spacial score (nSPS) is 11.4. The molecule has 0 heterocycles. The van der Waals surface area contributed by atoms with Gasteiger partial charge in [0.1, 0.15) is 12.4 Å². The number of nitrogens with one attached hydrogen (secondary N) is 2. The summed E-state index contributed by atoms with van der Waals surface area (Å²) in [4.78, 5) is 12.1. The van der Waals surface area contributed by atoms with Gasteiger partial charge in [0.05, 0.1) is 12.6 Å². The molecule has 0 fully saturated rings. The largest absolute Gasteiger partial charge is 0.489 e. The van der Waals surface area contributed by atoms with Crippen molar-refractivity contribution in [2.75, 3.05) is 18.5 Å². The van der Waals surface area contributed by atoms with Crippen molar-refractivity contribution in [2.45, 2.75) is 19.9 Å². The van der Waals surface area contributed by atoms with E-state index in [4.69, 9.17) is 4.74 Å². The minimum atomic E-state index is -0.0559. The lowest BCUT2D eigenvalue weighted by Gasteiger charge is -2.15. The number of rotatable bonds is 8. The van der Waals surface area contributed by atoms with E-state index in [1.54, 1.807) is 0 Å². The zero-order valence-electron chi connectivity index (χ0n) is 14.2. The zero-order valence-corrected chi connectivity index (χ0v) is 14.2. The molecule has 24 heavy (non-hydrogen) atoms. The van der Waals surface area contributed by atoms with Gasteiger partial charge in [-0.1, -0.05) is 43.0 Å². The molecule has 0 spiro atoms. The average Bonchev–Trinajstić information content (AvgIpc) is 2.59. The minimum absolute atomic E-state index is 0.0225. The molecule has 0 aliphatic heterocycles. The Morgan fingerprint density at radius 2 is 1.92 bits per heavy atom. The molecule has 0 saturated heterocycles. The maximum Gasteiger partial charge on any atom is 0.239 e. The molecule has 0 aliphatic rings. The Morgan fingerprint density at radius 1 is 1.17 bits per heavy atom. The second kappa shape index (κ2) is 8.77. The first kappa shape index (κ1) is 17.6. The maximum absolute atomic E-state index is 12.1. The van der Waals surface area contributed by atoms with Gasteiger partial charge in [0.25, 0.3) is 0 Å². The van der Waals surface area contributed by atoms with Crippen LogP contribution in [0.2, 0.25) is 0 Å². The van der Waals surface area contributed by atoms with Crippen molar-refractivity contribution in [3.8, 4) is 5.75 Å². The molecule has 0 aromatic heterocycles. The third-order valence-electron chi connectivity index (χ3n) is 3.45. The van der Waals surface area contributed by atoms with E-state index in [1.165, 1.54) is 0 Å². The lowest BCUT2D eigenvalue weighted by molar-refractivity contribution is -0.120. The van der Waals surface area contributed by atoms with Crippen LogP contribution in [0, 0.1) is 0 Å². The smallest absolute Gasteiger partial charge is 0.239 e. The van der Waals surface area contributed by atoms with Crippen LogP contribution in [0.1, 0.15) is 25.5 Å². The van der Waals surface area contributed by atoms with E-state index >= 15 is 0 Å². The van der Waals surface area contributed by atoms with Crippen LogP contribution >= 0.6 is 0 Å². The van der Waals surface area contributed by atoms with Crippen molar-refractivity contribution in [1.82, 2.24) is 5.32 Å². The van der Waals surface area contributed by atoms with E-state index in [9.17, 15) is 4.79 Å². The predicted octanol–water partition coefficient (Wildman–Crippen LogP) is 3.93. The highest BCUT2D eigenvalue weighted by molar-refractivity contribution is 5.81. The van der Waals surface area contributed by atoms with Gasteiger partial charge in [-0.3, -0.25) is 4.79 Å². The second-order valence-corrected chi connectivity index (χ2v) is 5.83. The predicted molar refractivity (Wildman–Crippen MR) is 98.2 cm³/mol. The van der Waals surface area contributed by atoms with Crippen LogP contribution in [0.25, 0.3) is 0 Å². The minimum Gasteiger partial charge on any atom is -0.489 e. The monoisotopic (exact) mass is 324 g/mol. The fourth-order valence-electron chi connectivity index (χ4n) is 2.20. The number of amides is 1. The Balaban J connectivity index is 1.83. The van der Waals surface area contributed by atoms with Gasteiger partial charge in [-0.05, 0) is 37.1 Å². The topological polar surface area (TPSA) is 50.4 Å². The fraction of sp³-hybridized carbons (Fsp3) is 0.250. The highest BCUT2D eigenvalue weighted by atomic mass is 16.5. The Hall–Kier alpha value is -2.75. The molecular weight excluding hydrogens is 300 g/mol. The molecule has 0 radical (unpaired) electrons. The van der Waals surface area contributed by atoms with Crippen molar-refractivity contribution >= 4 is 11.6 Å². The van der Waals surface area contributed by atoms with Crippen LogP contribution in [0.3, 0.4) is 0 Å². The summed E-state index contributed by atoms with van der Waals surface area (Å²) in [7, 11) is 0. The van der Waals surface area contributed by atoms with Crippen molar-refractivity contribution in [3.05, 3.63) is 72.3 Å². The molecule has 2 aromatic carbocycles. The van der Waals surface area contributed by atoms with E-state index in [0.717, 1.165) is 22.6 Å². The molecule has 0 aliphatic carbocycles. The van der Waals surface area contributed by atoms with Crippen molar-refractivity contribution < 1.29 is 9.53 Å². The molecule has 126 valence electrons. The van der Waals surface area contributed by atoms with Gasteiger partial charge in [0.2, 0.25) is 5.91 Å². The van der Waals surface area contributed by atoms with Gasteiger partial charge in [-0.2, -0.15) is 0 Å². The number of hydrogen-bond donors (Lipinski definition) is 2. The molecule has 1 atom stereocenters. The summed E-state index contributed by atoms with van der Waals surface area (Å²) in [5.41, 5.74) is 2.89. The summed E-state index contributed by atoms with van der Waals surface area (Å²) >= 11 is 0. The number of anilines is 1. The van der Waals surface area contributed by atoms with E-state index < -0.39 is 0 Å². The first-order chi connectivity index (χ1) is 11.5. The molecule has 1 amide bonds. The van der Waals surface area contributed by atoms with Gasteiger partial charge in [-0.25, -0.2) is 0 Å². The van der Waals surface area contributed by atoms with Gasteiger partial charge in [-0.15, -0.1) is 0 Å². The van der Waals surface area contributed by atoms with Gasteiger partial charge in [0, 0.05) is 11.8 Å². The average molecular weight is 324 g/mol. The SMILES string of the molecule is C=C(C)COc1cccc(NCC(=O)NC(C)c2ccccc2)c1. The highest BCUT2D eigenvalue weighted by Crippen LogP contribution is 2.17. The summed E-state index contributed by atoms with van der Waals surface area (Å²) in [6.07, 6.45) is 0. The quantitative estimate of drug-likeness (QED) is 0.723. The van der Waals surface area contributed by atoms with Gasteiger partial charge >= 0.3 is 0 Å². The second-order valence-electron chi connectivity index (χ2n) is 5.83. The van der Waals surface area contributed by atoms with Crippen molar-refractivity contribution in [2.24, 2.45) is 0 Å².